The molecule has 2 aliphatic rings. The first-order chi connectivity index (χ1) is 20.3. The molecule has 0 spiro atoms. The highest BCUT2D eigenvalue weighted by Gasteiger charge is 2.37. The maximum Gasteiger partial charge on any atom is 0.329 e. The van der Waals surface area contributed by atoms with Gasteiger partial charge in [0.1, 0.15) is 5.69 Å². The van der Waals surface area contributed by atoms with Crippen molar-refractivity contribution in [2.24, 2.45) is 0 Å². The Morgan fingerprint density at radius 2 is 1.71 bits per heavy atom. The number of carbonyl (C=O) groups excluding carboxylic acids is 1. The molecule has 2 aromatic carbocycles. The maximum absolute atomic E-state index is 14.4. The van der Waals surface area contributed by atoms with Crippen molar-refractivity contribution < 1.29 is 13.2 Å². The largest absolute Gasteiger partial charge is 0.375 e. The average Bonchev–Trinajstić information content (AvgIpc) is 3.57. The molecule has 1 atom stereocenters. The van der Waals surface area contributed by atoms with Crippen molar-refractivity contribution in [1.82, 2.24) is 28.6 Å². The van der Waals surface area contributed by atoms with Crippen molar-refractivity contribution in [2.75, 3.05) is 45.0 Å². The molecule has 3 N–H and O–H groups in total. The third-order valence-corrected chi connectivity index (χ3v) is 10.4. The number of anilines is 1. The van der Waals surface area contributed by atoms with E-state index in [4.69, 9.17) is 5.73 Å². The highest BCUT2D eigenvalue weighted by molar-refractivity contribution is 7.89. The van der Waals surface area contributed by atoms with E-state index >= 15 is 0 Å². The number of imidazole rings is 1. The summed E-state index contributed by atoms with van der Waals surface area (Å²) in [5, 5.41) is 5.44. The van der Waals surface area contributed by atoms with Crippen LogP contribution in [0.5, 0.6) is 0 Å². The zero-order chi connectivity index (χ0) is 29.3. The predicted octanol–water partition coefficient (Wildman–Crippen LogP) is 2.48. The highest BCUT2D eigenvalue weighted by atomic mass is 32.2. The number of hydrogen-bond acceptors (Lipinski definition) is 8. The third kappa shape index (κ3) is 5.40. The topological polar surface area (TPSA) is 136 Å². The molecule has 11 nitrogen and oxygen atoms in total. The van der Waals surface area contributed by atoms with Gasteiger partial charge in [-0.25, -0.2) is 18.2 Å². The summed E-state index contributed by atoms with van der Waals surface area (Å²) in [6.45, 7) is 2.90. The first-order valence-electron chi connectivity index (χ1n) is 14.0. The number of rotatable bonds is 7. The number of nitrogen functional groups attached to an aromatic ring is 1. The minimum Gasteiger partial charge on any atom is -0.375 e. The Kier molecular flexibility index (Phi) is 7.99. The zero-order valence-corrected chi connectivity index (χ0v) is 24.7. The van der Waals surface area contributed by atoms with Gasteiger partial charge >= 0.3 is 5.69 Å². The van der Waals surface area contributed by atoms with Crippen LogP contribution in [0.25, 0.3) is 11.3 Å². The zero-order valence-electron chi connectivity index (χ0n) is 23.1. The number of aromatic nitrogens is 3. The first kappa shape index (κ1) is 28.3. The van der Waals surface area contributed by atoms with Gasteiger partial charge in [-0.05, 0) is 25.0 Å². The van der Waals surface area contributed by atoms with Gasteiger partial charge in [0.2, 0.25) is 10.0 Å². The normalized spacial score (nSPS) is 18.3. The van der Waals surface area contributed by atoms with Crippen LogP contribution in [0.4, 0.5) is 5.13 Å². The predicted molar refractivity (Wildman–Crippen MR) is 162 cm³/mol. The number of amides is 1. The molecule has 1 amide bonds. The molecule has 2 aliphatic heterocycles. The third-order valence-electron chi connectivity index (χ3n) is 7.82. The van der Waals surface area contributed by atoms with Gasteiger partial charge in [-0.1, -0.05) is 48.5 Å². The lowest BCUT2D eigenvalue weighted by atomic mass is 10.0. The lowest BCUT2D eigenvalue weighted by Gasteiger charge is -2.33. The van der Waals surface area contributed by atoms with E-state index in [-0.39, 0.29) is 35.3 Å². The molecular weight excluding hydrogens is 574 g/mol. The van der Waals surface area contributed by atoms with Crippen molar-refractivity contribution in [1.29, 1.82) is 0 Å². The molecule has 0 radical (unpaired) electrons. The van der Waals surface area contributed by atoms with Crippen LogP contribution in [-0.2, 0) is 16.6 Å². The van der Waals surface area contributed by atoms with Crippen molar-refractivity contribution >= 4 is 32.4 Å². The summed E-state index contributed by atoms with van der Waals surface area (Å²) in [7, 11) is -3.77. The molecule has 6 rings (SSSR count). The second-order valence-electron chi connectivity index (χ2n) is 10.5. The molecule has 2 aromatic heterocycles. The second-order valence-corrected chi connectivity index (χ2v) is 13.3. The van der Waals surface area contributed by atoms with E-state index in [0.717, 1.165) is 0 Å². The Morgan fingerprint density at radius 1 is 1.02 bits per heavy atom. The van der Waals surface area contributed by atoms with E-state index < -0.39 is 16.1 Å². The van der Waals surface area contributed by atoms with E-state index in [1.807, 2.05) is 30.3 Å². The number of piperidine rings is 1. The molecule has 2 saturated heterocycles. The minimum atomic E-state index is -3.77. The Labute approximate surface area is 248 Å². The first-order valence-corrected chi connectivity index (χ1v) is 16.3. The van der Waals surface area contributed by atoms with Crippen molar-refractivity contribution in [3.05, 3.63) is 87.9 Å². The minimum absolute atomic E-state index is 0.0747. The molecule has 4 aromatic rings. The number of thiazole rings is 1. The quantitative estimate of drug-likeness (QED) is 0.330. The van der Waals surface area contributed by atoms with E-state index in [1.54, 1.807) is 45.2 Å². The summed E-state index contributed by atoms with van der Waals surface area (Å²) >= 11 is 1.28. The van der Waals surface area contributed by atoms with Gasteiger partial charge in [0.05, 0.1) is 28.9 Å². The van der Waals surface area contributed by atoms with Crippen molar-refractivity contribution in [3.8, 4) is 11.3 Å². The van der Waals surface area contributed by atoms with Gasteiger partial charge < -0.3 is 16.0 Å². The summed E-state index contributed by atoms with van der Waals surface area (Å²) in [5.41, 5.74) is 7.61. The summed E-state index contributed by atoms with van der Waals surface area (Å²) in [5.74, 6) is -0.237. The summed E-state index contributed by atoms with van der Waals surface area (Å²) in [6, 6.07) is 17.3. The molecule has 13 heteroatoms. The standard InChI is InChI=1S/C29H33N7O4S2/c30-28-32-22(20-41-28)18-35-26(27(37)33-16-13-31-14-17-33)25(21-8-3-1-4-9-21)36(29(35)38)23-10-7-15-34(19-23)42(39,40)24-11-5-2-6-12-24/h1-6,8-9,11-12,20,23,31H,7,10,13-19H2,(H2,30,32). The van der Waals surface area contributed by atoms with E-state index in [1.165, 1.54) is 20.2 Å². The Morgan fingerprint density at radius 3 is 2.38 bits per heavy atom. The molecule has 4 heterocycles. The highest BCUT2D eigenvalue weighted by Crippen LogP contribution is 2.33. The van der Waals surface area contributed by atoms with Crippen LogP contribution in [0.3, 0.4) is 0 Å². The maximum atomic E-state index is 14.4. The van der Waals surface area contributed by atoms with Gasteiger partial charge in [0.15, 0.2) is 5.13 Å². The fourth-order valence-electron chi connectivity index (χ4n) is 5.80. The molecule has 0 saturated carbocycles. The molecule has 2 fully saturated rings. The number of hydrogen-bond donors (Lipinski definition) is 2. The number of nitrogens with one attached hydrogen (secondary N) is 1. The number of benzene rings is 2. The molecule has 0 aliphatic carbocycles. The van der Waals surface area contributed by atoms with Crippen LogP contribution in [0.15, 0.2) is 75.7 Å². The fraction of sp³-hybridized carbons (Fsp3) is 0.345. The molecule has 220 valence electrons. The molecule has 1 unspecified atom stereocenters. The van der Waals surface area contributed by atoms with Gasteiger partial charge in [-0.3, -0.25) is 13.9 Å². The molecular formula is C29H33N7O4S2. The van der Waals surface area contributed by atoms with Crippen LogP contribution in [0.2, 0.25) is 0 Å². The van der Waals surface area contributed by atoms with Gasteiger partial charge in [0.25, 0.3) is 5.91 Å². The van der Waals surface area contributed by atoms with Gasteiger partial charge in [-0.2, -0.15) is 4.31 Å². The SMILES string of the molecule is Nc1nc(Cn2c(C(=O)N3CCNCC3)c(-c3ccccc3)n(C3CCCN(S(=O)(=O)c4ccccc4)C3)c2=O)cs1. The van der Waals surface area contributed by atoms with E-state index in [9.17, 15) is 18.0 Å². The summed E-state index contributed by atoms with van der Waals surface area (Å²) in [4.78, 5) is 35.0. The number of nitrogens with two attached hydrogens (primary N) is 1. The Hall–Kier alpha value is -3.78. The lowest BCUT2D eigenvalue weighted by Crippen LogP contribution is -2.47. The van der Waals surface area contributed by atoms with Gasteiger partial charge in [-0.15, -0.1) is 11.3 Å². The Bertz CT molecular complexity index is 1730. The number of carbonyl (C=O) groups is 1. The number of nitrogens with zero attached hydrogens (tertiary/aromatic N) is 5. The van der Waals surface area contributed by atoms with Crippen LogP contribution in [-0.4, -0.2) is 76.9 Å². The summed E-state index contributed by atoms with van der Waals surface area (Å²) in [6.07, 6.45) is 1.17. The number of piperazine rings is 1. The molecule has 42 heavy (non-hydrogen) atoms. The average molecular weight is 608 g/mol. The Balaban J connectivity index is 1.50. The van der Waals surface area contributed by atoms with Crippen LogP contribution >= 0.6 is 11.3 Å². The monoisotopic (exact) mass is 607 g/mol. The smallest absolute Gasteiger partial charge is 0.329 e. The van der Waals surface area contributed by atoms with E-state index in [2.05, 4.69) is 10.3 Å². The van der Waals surface area contributed by atoms with Crippen LogP contribution in [0.1, 0.15) is 35.1 Å². The lowest BCUT2D eigenvalue weighted by molar-refractivity contribution is 0.0725. The van der Waals surface area contributed by atoms with Gasteiger partial charge in [0, 0.05) is 50.2 Å². The van der Waals surface area contributed by atoms with E-state index in [0.29, 0.717) is 67.6 Å². The van der Waals surface area contributed by atoms with Crippen LogP contribution in [0, 0.1) is 0 Å². The number of sulfonamides is 1. The van der Waals surface area contributed by atoms with Crippen molar-refractivity contribution in [3.63, 3.8) is 0 Å². The van der Waals surface area contributed by atoms with Crippen molar-refractivity contribution in [2.45, 2.75) is 30.3 Å². The fourth-order valence-corrected chi connectivity index (χ4v) is 7.89. The summed E-state index contributed by atoms with van der Waals surface area (Å²) < 4.78 is 31.8. The van der Waals surface area contributed by atoms with Crippen LogP contribution < -0.4 is 16.7 Å². The second kappa shape index (κ2) is 11.8. The molecule has 0 bridgehead atoms.